The molecule has 1 aliphatic rings. The van der Waals surface area contributed by atoms with Crippen LogP contribution in [-0.2, 0) is 11.3 Å². The lowest BCUT2D eigenvalue weighted by Crippen LogP contribution is -2.25. The van der Waals surface area contributed by atoms with Crippen molar-refractivity contribution in [2.24, 2.45) is 0 Å². The van der Waals surface area contributed by atoms with E-state index in [0.717, 1.165) is 36.6 Å². The van der Waals surface area contributed by atoms with Crippen LogP contribution in [0, 0.1) is 6.92 Å². The second kappa shape index (κ2) is 5.17. The van der Waals surface area contributed by atoms with Crippen LogP contribution in [0.3, 0.4) is 0 Å². The van der Waals surface area contributed by atoms with Gasteiger partial charge in [0.05, 0.1) is 29.5 Å². The maximum atomic E-state index is 5.96. The van der Waals surface area contributed by atoms with Gasteiger partial charge in [-0.25, -0.2) is 0 Å². The molecular weight excluding hydrogens is 226 g/mol. The van der Waals surface area contributed by atoms with Gasteiger partial charge in [-0.3, -0.25) is 4.68 Å². The number of hydrogen-bond donors (Lipinski definition) is 1. The molecule has 1 aliphatic heterocycles. The molecule has 0 spiro atoms. The van der Waals surface area contributed by atoms with Crippen molar-refractivity contribution in [1.29, 1.82) is 0 Å². The van der Waals surface area contributed by atoms with Crippen molar-refractivity contribution in [2.75, 3.05) is 13.6 Å². The third kappa shape index (κ3) is 2.75. The monoisotopic (exact) mass is 243 g/mol. The van der Waals surface area contributed by atoms with Gasteiger partial charge < -0.3 is 10.1 Å². The molecule has 1 fully saturated rings. The minimum absolute atomic E-state index is 0.272. The summed E-state index contributed by atoms with van der Waals surface area (Å²) in [5, 5.41) is 8.20. The SMILES string of the molecule is CNCC1CCC(Cn2cc(Cl)c(C)n2)O1. The Morgan fingerprint density at radius 1 is 1.56 bits per heavy atom. The second-order valence-electron chi connectivity index (χ2n) is 4.30. The number of halogens is 1. The topological polar surface area (TPSA) is 39.1 Å². The van der Waals surface area contributed by atoms with Crippen molar-refractivity contribution in [1.82, 2.24) is 15.1 Å². The minimum Gasteiger partial charge on any atom is -0.372 e. The normalized spacial score (nSPS) is 25.2. The number of ether oxygens (including phenoxy) is 1. The molecule has 0 amide bonds. The lowest BCUT2D eigenvalue weighted by molar-refractivity contribution is 0.0351. The van der Waals surface area contributed by atoms with Gasteiger partial charge in [-0.05, 0) is 26.8 Å². The summed E-state index contributed by atoms with van der Waals surface area (Å²) in [6.45, 7) is 3.64. The lowest BCUT2D eigenvalue weighted by Gasteiger charge is -2.13. The van der Waals surface area contributed by atoms with E-state index in [2.05, 4.69) is 10.4 Å². The molecule has 1 aromatic rings. The average molecular weight is 244 g/mol. The summed E-state index contributed by atoms with van der Waals surface area (Å²) in [6, 6.07) is 0. The van der Waals surface area contributed by atoms with Crippen LogP contribution in [0.2, 0.25) is 5.02 Å². The van der Waals surface area contributed by atoms with Crippen LogP contribution in [-0.4, -0.2) is 35.6 Å². The number of rotatable bonds is 4. The maximum absolute atomic E-state index is 5.96. The number of nitrogens with zero attached hydrogens (tertiary/aromatic N) is 2. The molecule has 2 heterocycles. The Labute approximate surface area is 101 Å². The van der Waals surface area contributed by atoms with Crippen LogP contribution >= 0.6 is 11.6 Å². The molecular formula is C11H18ClN3O. The molecule has 5 heteroatoms. The maximum Gasteiger partial charge on any atom is 0.0814 e. The summed E-state index contributed by atoms with van der Waals surface area (Å²) in [5.41, 5.74) is 0.881. The summed E-state index contributed by atoms with van der Waals surface area (Å²) in [5.74, 6) is 0. The van der Waals surface area contributed by atoms with Crippen molar-refractivity contribution in [2.45, 2.75) is 38.5 Å². The number of hydrogen-bond acceptors (Lipinski definition) is 3. The highest BCUT2D eigenvalue weighted by atomic mass is 35.5. The molecule has 0 saturated carbocycles. The number of likely N-dealkylation sites (N-methyl/N-ethyl adjacent to an activating group) is 1. The van der Waals surface area contributed by atoms with Gasteiger partial charge in [0.15, 0.2) is 0 Å². The molecule has 0 radical (unpaired) electrons. The van der Waals surface area contributed by atoms with E-state index in [1.165, 1.54) is 0 Å². The Bertz CT molecular complexity index is 333. The summed E-state index contributed by atoms with van der Waals surface area (Å²) in [6.07, 6.45) is 4.71. The largest absolute Gasteiger partial charge is 0.372 e. The number of aromatic nitrogens is 2. The van der Waals surface area contributed by atoms with E-state index in [1.807, 2.05) is 24.9 Å². The summed E-state index contributed by atoms with van der Waals surface area (Å²) < 4.78 is 7.77. The Hall–Kier alpha value is -0.580. The highest BCUT2D eigenvalue weighted by Gasteiger charge is 2.25. The van der Waals surface area contributed by atoms with Crippen molar-refractivity contribution in [3.63, 3.8) is 0 Å². The zero-order valence-electron chi connectivity index (χ0n) is 9.74. The van der Waals surface area contributed by atoms with Crippen LogP contribution in [0.25, 0.3) is 0 Å². The standard InChI is InChI=1S/C11H18ClN3O/c1-8-11(12)7-15(14-8)6-10-4-3-9(16-10)5-13-2/h7,9-10,13H,3-6H2,1-2H3. The molecule has 2 unspecified atom stereocenters. The summed E-state index contributed by atoms with van der Waals surface area (Å²) >= 11 is 5.96. The third-order valence-electron chi connectivity index (χ3n) is 2.90. The fraction of sp³-hybridized carbons (Fsp3) is 0.727. The highest BCUT2D eigenvalue weighted by molar-refractivity contribution is 6.31. The minimum atomic E-state index is 0.272. The van der Waals surface area contributed by atoms with Gasteiger partial charge in [0.2, 0.25) is 0 Å². The second-order valence-corrected chi connectivity index (χ2v) is 4.71. The first-order valence-corrected chi connectivity index (χ1v) is 6.06. The van der Waals surface area contributed by atoms with E-state index in [-0.39, 0.29) is 6.10 Å². The smallest absolute Gasteiger partial charge is 0.0814 e. The van der Waals surface area contributed by atoms with E-state index in [4.69, 9.17) is 16.3 Å². The first kappa shape index (κ1) is 11.9. The van der Waals surface area contributed by atoms with Crippen LogP contribution in [0.15, 0.2) is 6.20 Å². The highest BCUT2D eigenvalue weighted by Crippen LogP contribution is 2.21. The van der Waals surface area contributed by atoms with Gasteiger partial charge in [0.25, 0.3) is 0 Å². The van der Waals surface area contributed by atoms with Gasteiger partial charge >= 0.3 is 0 Å². The van der Waals surface area contributed by atoms with Gasteiger partial charge in [-0.15, -0.1) is 0 Å². The van der Waals surface area contributed by atoms with Crippen molar-refractivity contribution < 1.29 is 4.74 Å². The van der Waals surface area contributed by atoms with E-state index >= 15 is 0 Å². The third-order valence-corrected chi connectivity index (χ3v) is 3.28. The average Bonchev–Trinajstić information content (AvgIpc) is 2.77. The molecule has 4 nitrogen and oxygen atoms in total. The molecule has 16 heavy (non-hydrogen) atoms. The Morgan fingerprint density at radius 3 is 2.94 bits per heavy atom. The van der Waals surface area contributed by atoms with Crippen molar-refractivity contribution in [3.8, 4) is 0 Å². The van der Waals surface area contributed by atoms with Gasteiger partial charge in [-0.2, -0.15) is 5.10 Å². The fourth-order valence-corrected chi connectivity index (χ4v) is 2.24. The number of aryl methyl sites for hydroxylation is 1. The van der Waals surface area contributed by atoms with Crippen LogP contribution in [0.5, 0.6) is 0 Å². The Balaban J connectivity index is 1.87. The summed E-state index contributed by atoms with van der Waals surface area (Å²) in [4.78, 5) is 0. The predicted octanol–water partition coefficient (Wildman–Crippen LogP) is 1.61. The molecule has 1 N–H and O–H groups in total. The predicted molar refractivity (Wildman–Crippen MR) is 63.8 cm³/mol. The molecule has 1 aromatic heterocycles. The van der Waals surface area contributed by atoms with Crippen molar-refractivity contribution >= 4 is 11.6 Å². The molecule has 2 atom stereocenters. The first-order chi connectivity index (χ1) is 7.69. The molecule has 0 bridgehead atoms. The van der Waals surface area contributed by atoms with Crippen LogP contribution in [0.4, 0.5) is 0 Å². The number of nitrogens with one attached hydrogen (secondary N) is 1. The zero-order valence-corrected chi connectivity index (χ0v) is 10.5. The van der Waals surface area contributed by atoms with Crippen LogP contribution < -0.4 is 5.32 Å². The Kier molecular flexibility index (Phi) is 3.84. The quantitative estimate of drug-likeness (QED) is 0.874. The molecule has 0 aliphatic carbocycles. The van der Waals surface area contributed by atoms with Crippen LogP contribution in [0.1, 0.15) is 18.5 Å². The van der Waals surface area contributed by atoms with Gasteiger partial charge in [0.1, 0.15) is 0 Å². The Morgan fingerprint density at radius 2 is 2.31 bits per heavy atom. The van der Waals surface area contributed by atoms with Crippen molar-refractivity contribution in [3.05, 3.63) is 16.9 Å². The summed E-state index contributed by atoms with van der Waals surface area (Å²) in [7, 11) is 1.95. The molecule has 2 rings (SSSR count). The first-order valence-electron chi connectivity index (χ1n) is 5.68. The van der Waals surface area contributed by atoms with E-state index in [1.54, 1.807) is 0 Å². The van der Waals surface area contributed by atoms with E-state index in [0.29, 0.717) is 6.10 Å². The molecule has 0 aromatic carbocycles. The molecule has 1 saturated heterocycles. The fourth-order valence-electron chi connectivity index (χ4n) is 2.09. The van der Waals surface area contributed by atoms with Gasteiger partial charge in [-0.1, -0.05) is 11.6 Å². The van der Waals surface area contributed by atoms with Gasteiger partial charge in [0, 0.05) is 12.7 Å². The van der Waals surface area contributed by atoms with E-state index in [9.17, 15) is 0 Å². The van der Waals surface area contributed by atoms with E-state index < -0.39 is 0 Å². The zero-order chi connectivity index (χ0) is 11.5. The molecule has 90 valence electrons. The lowest BCUT2D eigenvalue weighted by atomic mass is 10.2.